The van der Waals surface area contributed by atoms with E-state index in [0.29, 0.717) is 6.54 Å². The van der Waals surface area contributed by atoms with Crippen LogP contribution in [-0.2, 0) is 12.0 Å². The standard InChI is InChI=1S/C32H35N3O/c1-31(2,3)21-32(4,5)23-13-15-24(16-14-23)36-25-10-8-9-22(17-25)19-33-30-18-27-26-11-6-7-12-28(26)35-29(27)20-34-30/h6-18,20,35H,19,21H2,1-5H3,(H,33,34). The Balaban J connectivity index is 1.26. The largest absolute Gasteiger partial charge is 0.457 e. The first-order valence-corrected chi connectivity index (χ1v) is 12.6. The summed E-state index contributed by atoms with van der Waals surface area (Å²) in [5.41, 5.74) is 5.04. The Morgan fingerprint density at radius 2 is 1.56 bits per heavy atom. The number of hydrogen-bond acceptors (Lipinski definition) is 3. The monoisotopic (exact) mass is 477 g/mol. The van der Waals surface area contributed by atoms with Gasteiger partial charge in [-0.25, -0.2) is 4.98 Å². The Morgan fingerprint density at radius 3 is 2.33 bits per heavy atom. The molecule has 2 aromatic heterocycles. The molecule has 3 aromatic carbocycles. The molecule has 0 spiro atoms. The summed E-state index contributed by atoms with van der Waals surface area (Å²) in [4.78, 5) is 8.01. The lowest BCUT2D eigenvalue weighted by Crippen LogP contribution is -2.24. The number of nitrogens with zero attached hydrogens (tertiary/aromatic N) is 1. The molecule has 2 N–H and O–H groups in total. The van der Waals surface area contributed by atoms with Crippen molar-refractivity contribution in [2.24, 2.45) is 5.41 Å². The van der Waals surface area contributed by atoms with Gasteiger partial charge in [-0.15, -0.1) is 0 Å². The molecule has 0 aliphatic carbocycles. The second kappa shape index (κ2) is 9.34. The third-order valence-corrected chi connectivity index (χ3v) is 6.61. The number of hydrogen-bond donors (Lipinski definition) is 2. The topological polar surface area (TPSA) is 49.9 Å². The van der Waals surface area contributed by atoms with E-state index in [4.69, 9.17) is 4.74 Å². The molecule has 2 heterocycles. The van der Waals surface area contributed by atoms with Crippen LogP contribution in [-0.4, -0.2) is 9.97 Å². The fourth-order valence-electron chi connectivity index (χ4n) is 5.30. The summed E-state index contributed by atoms with van der Waals surface area (Å²) >= 11 is 0. The molecule has 0 atom stereocenters. The normalized spacial score (nSPS) is 12.2. The van der Waals surface area contributed by atoms with E-state index in [0.717, 1.165) is 40.3 Å². The maximum absolute atomic E-state index is 6.19. The number of fused-ring (bicyclic) bond motifs is 3. The number of pyridine rings is 1. The highest BCUT2D eigenvalue weighted by Crippen LogP contribution is 2.37. The molecule has 5 rings (SSSR count). The minimum atomic E-state index is 0.117. The van der Waals surface area contributed by atoms with Gasteiger partial charge in [-0.3, -0.25) is 0 Å². The van der Waals surface area contributed by atoms with Crippen molar-refractivity contribution in [2.75, 3.05) is 5.32 Å². The summed E-state index contributed by atoms with van der Waals surface area (Å²) in [5.74, 6) is 2.53. The summed E-state index contributed by atoms with van der Waals surface area (Å²) in [6, 6.07) is 27.2. The van der Waals surface area contributed by atoms with Crippen LogP contribution in [0, 0.1) is 5.41 Å². The summed E-state index contributed by atoms with van der Waals surface area (Å²) in [6.07, 6.45) is 3.01. The first-order chi connectivity index (χ1) is 17.2. The van der Waals surface area contributed by atoms with Crippen molar-refractivity contribution in [3.05, 3.63) is 96.2 Å². The summed E-state index contributed by atoms with van der Waals surface area (Å²) in [5, 5.41) is 5.85. The van der Waals surface area contributed by atoms with Gasteiger partial charge >= 0.3 is 0 Å². The van der Waals surface area contributed by atoms with E-state index in [1.165, 1.54) is 16.3 Å². The van der Waals surface area contributed by atoms with Crippen LogP contribution in [0.3, 0.4) is 0 Å². The molecule has 0 aliphatic rings. The van der Waals surface area contributed by atoms with Crippen LogP contribution in [0.4, 0.5) is 5.82 Å². The highest BCUT2D eigenvalue weighted by Gasteiger charge is 2.27. The van der Waals surface area contributed by atoms with Gasteiger partial charge in [0.25, 0.3) is 0 Å². The Kier molecular flexibility index (Phi) is 6.21. The average Bonchev–Trinajstić information content (AvgIpc) is 3.20. The first kappa shape index (κ1) is 23.9. The van der Waals surface area contributed by atoms with Gasteiger partial charge in [0.2, 0.25) is 0 Å². The molecule has 5 aromatic rings. The molecule has 0 saturated heterocycles. The molecular weight excluding hydrogens is 442 g/mol. The van der Waals surface area contributed by atoms with Crippen molar-refractivity contribution in [3.63, 3.8) is 0 Å². The molecule has 36 heavy (non-hydrogen) atoms. The van der Waals surface area contributed by atoms with E-state index in [1.54, 1.807) is 0 Å². The Hall–Kier alpha value is -3.79. The molecule has 0 saturated carbocycles. The Morgan fingerprint density at radius 1 is 0.778 bits per heavy atom. The minimum Gasteiger partial charge on any atom is -0.457 e. The number of anilines is 1. The van der Waals surface area contributed by atoms with Gasteiger partial charge in [-0.05, 0) is 64.8 Å². The molecule has 0 unspecified atom stereocenters. The number of aromatic nitrogens is 2. The molecule has 0 bridgehead atoms. The second-order valence-corrected chi connectivity index (χ2v) is 11.5. The van der Waals surface area contributed by atoms with Crippen LogP contribution < -0.4 is 10.1 Å². The fraction of sp³-hybridized carbons (Fsp3) is 0.281. The number of benzene rings is 3. The van der Waals surface area contributed by atoms with E-state index >= 15 is 0 Å². The molecule has 0 amide bonds. The van der Waals surface area contributed by atoms with Crippen molar-refractivity contribution in [1.29, 1.82) is 0 Å². The van der Waals surface area contributed by atoms with Gasteiger partial charge in [-0.2, -0.15) is 0 Å². The van der Waals surface area contributed by atoms with E-state index in [2.05, 4.69) is 111 Å². The minimum absolute atomic E-state index is 0.117. The summed E-state index contributed by atoms with van der Waals surface area (Å²) < 4.78 is 6.19. The number of aromatic amines is 1. The van der Waals surface area contributed by atoms with Gasteiger partial charge in [0, 0.05) is 22.8 Å². The molecular formula is C32H35N3O. The predicted molar refractivity (Wildman–Crippen MR) is 151 cm³/mol. The van der Waals surface area contributed by atoms with Crippen LogP contribution in [0.5, 0.6) is 11.5 Å². The van der Waals surface area contributed by atoms with Crippen LogP contribution in [0.2, 0.25) is 0 Å². The highest BCUT2D eigenvalue weighted by molar-refractivity contribution is 6.07. The molecule has 0 fully saturated rings. The van der Waals surface area contributed by atoms with E-state index in [9.17, 15) is 0 Å². The Labute approximate surface area is 213 Å². The second-order valence-electron chi connectivity index (χ2n) is 11.5. The quantitative estimate of drug-likeness (QED) is 0.246. The molecule has 0 aliphatic heterocycles. The molecule has 4 heteroatoms. The van der Waals surface area contributed by atoms with Crippen molar-refractivity contribution < 1.29 is 4.74 Å². The zero-order valence-electron chi connectivity index (χ0n) is 21.9. The number of ether oxygens (including phenoxy) is 1. The molecule has 0 radical (unpaired) electrons. The van der Waals surface area contributed by atoms with Crippen molar-refractivity contribution in [1.82, 2.24) is 9.97 Å². The number of H-pyrrole nitrogens is 1. The first-order valence-electron chi connectivity index (χ1n) is 12.6. The summed E-state index contributed by atoms with van der Waals surface area (Å²) in [7, 11) is 0. The van der Waals surface area contributed by atoms with Crippen molar-refractivity contribution in [2.45, 2.75) is 53.0 Å². The SMILES string of the molecule is CC(C)(C)CC(C)(C)c1ccc(Oc2cccc(CNc3cc4c(cn3)[nH]c3ccccc34)c2)cc1. The van der Waals surface area contributed by atoms with Gasteiger partial charge < -0.3 is 15.0 Å². The molecule has 184 valence electrons. The smallest absolute Gasteiger partial charge is 0.127 e. The zero-order valence-corrected chi connectivity index (χ0v) is 21.9. The van der Waals surface area contributed by atoms with Crippen molar-refractivity contribution >= 4 is 27.6 Å². The maximum atomic E-state index is 6.19. The van der Waals surface area contributed by atoms with Gasteiger partial charge in [0.1, 0.15) is 17.3 Å². The molecule has 4 nitrogen and oxygen atoms in total. The van der Waals surface area contributed by atoms with E-state index in [-0.39, 0.29) is 10.8 Å². The van der Waals surface area contributed by atoms with Gasteiger partial charge in [0.15, 0.2) is 0 Å². The maximum Gasteiger partial charge on any atom is 0.127 e. The lowest BCUT2D eigenvalue weighted by molar-refractivity contribution is 0.284. The average molecular weight is 478 g/mol. The third kappa shape index (κ3) is 5.38. The lowest BCUT2D eigenvalue weighted by Gasteiger charge is -2.33. The number of nitrogens with one attached hydrogen (secondary N) is 2. The van der Waals surface area contributed by atoms with Crippen molar-refractivity contribution in [3.8, 4) is 11.5 Å². The number of para-hydroxylation sites is 1. The third-order valence-electron chi connectivity index (χ3n) is 6.61. The van der Waals surface area contributed by atoms with Gasteiger partial charge in [-0.1, -0.05) is 77.1 Å². The highest BCUT2D eigenvalue weighted by atomic mass is 16.5. The number of rotatable bonds is 7. The lowest BCUT2D eigenvalue weighted by atomic mass is 9.72. The van der Waals surface area contributed by atoms with Crippen LogP contribution in [0.15, 0.2) is 85.1 Å². The predicted octanol–water partition coefficient (Wildman–Crippen LogP) is 8.83. The Bertz CT molecular complexity index is 1490. The van der Waals surface area contributed by atoms with E-state index in [1.807, 2.05) is 24.4 Å². The van der Waals surface area contributed by atoms with Crippen LogP contribution in [0.1, 0.15) is 52.2 Å². The van der Waals surface area contributed by atoms with Gasteiger partial charge in [0.05, 0.1) is 11.7 Å². The summed E-state index contributed by atoms with van der Waals surface area (Å²) in [6.45, 7) is 12.2. The van der Waals surface area contributed by atoms with E-state index < -0.39 is 0 Å². The van der Waals surface area contributed by atoms with Crippen LogP contribution >= 0.6 is 0 Å². The zero-order chi connectivity index (χ0) is 25.3. The fourth-order valence-corrected chi connectivity index (χ4v) is 5.30. The van der Waals surface area contributed by atoms with Crippen LogP contribution in [0.25, 0.3) is 21.8 Å².